The van der Waals surface area contributed by atoms with Gasteiger partial charge < -0.3 is 8.94 Å². The molecule has 3 aromatic rings. The summed E-state index contributed by atoms with van der Waals surface area (Å²) >= 11 is 0. The van der Waals surface area contributed by atoms with Crippen molar-refractivity contribution in [2.45, 2.75) is 45.8 Å². The van der Waals surface area contributed by atoms with Crippen LogP contribution in [0.15, 0.2) is 27.5 Å². The van der Waals surface area contributed by atoms with Crippen LogP contribution in [0.5, 0.6) is 0 Å². The van der Waals surface area contributed by atoms with Gasteiger partial charge in [-0.05, 0) is 39.3 Å². The van der Waals surface area contributed by atoms with Crippen molar-refractivity contribution in [1.29, 1.82) is 0 Å². The fourth-order valence-electron chi connectivity index (χ4n) is 3.25. The number of nitrogens with zero attached hydrogens (tertiary/aromatic N) is 6. The zero-order valence-corrected chi connectivity index (χ0v) is 13.8. The third-order valence-corrected chi connectivity index (χ3v) is 4.43. The number of hydrogen-bond acceptors (Lipinski definition) is 7. The highest BCUT2D eigenvalue weighted by molar-refractivity contribution is 5.51. The topological polar surface area (TPSA) is 86.0 Å². The van der Waals surface area contributed by atoms with Gasteiger partial charge in [-0.25, -0.2) is 9.67 Å². The number of hydrogen-bond donors (Lipinski definition) is 0. The Balaban J connectivity index is 1.44. The molecular formula is C16H20N6O2. The molecule has 1 saturated heterocycles. The van der Waals surface area contributed by atoms with Crippen molar-refractivity contribution in [2.75, 3.05) is 6.54 Å². The number of likely N-dealkylation sites (tertiary alicyclic amines) is 1. The van der Waals surface area contributed by atoms with E-state index in [2.05, 4.69) is 25.1 Å². The highest BCUT2D eigenvalue weighted by atomic mass is 16.5. The maximum absolute atomic E-state index is 5.40. The van der Waals surface area contributed by atoms with Gasteiger partial charge in [0.15, 0.2) is 0 Å². The molecule has 24 heavy (non-hydrogen) atoms. The van der Waals surface area contributed by atoms with Gasteiger partial charge in [-0.15, -0.1) is 0 Å². The van der Waals surface area contributed by atoms with Crippen molar-refractivity contribution in [3.05, 3.63) is 36.1 Å². The lowest BCUT2D eigenvalue weighted by Crippen LogP contribution is -2.33. The van der Waals surface area contributed by atoms with Crippen LogP contribution in [0.3, 0.4) is 0 Å². The number of aryl methyl sites for hydroxylation is 2. The van der Waals surface area contributed by atoms with Gasteiger partial charge in [0, 0.05) is 6.04 Å². The molecular weight excluding hydrogens is 308 g/mol. The fraction of sp³-hybridized carbons (Fsp3) is 0.500. The third kappa shape index (κ3) is 2.96. The smallest absolute Gasteiger partial charge is 0.241 e. The van der Waals surface area contributed by atoms with E-state index in [1.54, 1.807) is 12.5 Å². The van der Waals surface area contributed by atoms with E-state index in [9.17, 15) is 0 Å². The molecule has 4 heterocycles. The molecule has 0 bridgehead atoms. The summed E-state index contributed by atoms with van der Waals surface area (Å²) in [5.41, 5.74) is 0.830. The van der Waals surface area contributed by atoms with E-state index in [1.165, 1.54) is 6.42 Å². The first-order chi connectivity index (χ1) is 11.7. The second-order valence-electron chi connectivity index (χ2n) is 6.18. The molecule has 0 N–H and O–H groups in total. The van der Waals surface area contributed by atoms with Gasteiger partial charge in [0.25, 0.3) is 0 Å². The summed E-state index contributed by atoms with van der Waals surface area (Å²) in [5, 5.41) is 8.50. The van der Waals surface area contributed by atoms with Crippen LogP contribution in [-0.4, -0.2) is 42.4 Å². The maximum atomic E-state index is 5.40. The SMILES string of the molecule is Cc1nc(C)n(CC2CCCN2Cc2nc(-c3ccoc3)no2)n1. The van der Waals surface area contributed by atoms with Gasteiger partial charge in [0.05, 0.1) is 24.9 Å². The summed E-state index contributed by atoms with van der Waals surface area (Å²) in [5.74, 6) is 2.97. The second kappa shape index (κ2) is 6.20. The van der Waals surface area contributed by atoms with E-state index in [-0.39, 0.29) is 0 Å². The molecule has 8 heteroatoms. The molecule has 126 valence electrons. The van der Waals surface area contributed by atoms with Crippen molar-refractivity contribution in [2.24, 2.45) is 0 Å². The summed E-state index contributed by atoms with van der Waals surface area (Å²) < 4.78 is 12.4. The summed E-state index contributed by atoms with van der Waals surface area (Å²) in [6.45, 7) is 6.44. The molecule has 0 spiro atoms. The molecule has 1 aliphatic rings. The minimum Gasteiger partial charge on any atom is -0.472 e. The minimum absolute atomic E-state index is 0.411. The Morgan fingerprint density at radius 2 is 2.21 bits per heavy atom. The summed E-state index contributed by atoms with van der Waals surface area (Å²) in [7, 11) is 0. The first-order valence-electron chi connectivity index (χ1n) is 8.16. The van der Waals surface area contributed by atoms with Crippen LogP contribution in [0.25, 0.3) is 11.4 Å². The van der Waals surface area contributed by atoms with Crippen LogP contribution in [0.2, 0.25) is 0 Å². The lowest BCUT2D eigenvalue weighted by atomic mass is 10.2. The largest absolute Gasteiger partial charge is 0.472 e. The summed E-state index contributed by atoms with van der Waals surface area (Å²) in [4.78, 5) is 11.2. The normalized spacial score (nSPS) is 18.5. The predicted octanol–water partition coefficient (Wildman–Crippen LogP) is 2.20. The van der Waals surface area contributed by atoms with Crippen LogP contribution < -0.4 is 0 Å². The number of aromatic nitrogens is 5. The van der Waals surface area contributed by atoms with Gasteiger partial charge in [0.1, 0.15) is 17.9 Å². The summed E-state index contributed by atoms with van der Waals surface area (Å²) in [6, 6.07) is 2.23. The first kappa shape index (κ1) is 15.1. The Labute approximate surface area is 139 Å². The van der Waals surface area contributed by atoms with E-state index in [1.807, 2.05) is 24.6 Å². The van der Waals surface area contributed by atoms with Gasteiger partial charge in [-0.1, -0.05) is 5.16 Å². The van der Waals surface area contributed by atoms with Crippen LogP contribution in [0.1, 0.15) is 30.4 Å². The Morgan fingerprint density at radius 3 is 2.96 bits per heavy atom. The monoisotopic (exact) mass is 328 g/mol. The van der Waals surface area contributed by atoms with Gasteiger partial charge in [-0.2, -0.15) is 10.1 Å². The van der Waals surface area contributed by atoms with Crippen LogP contribution in [0, 0.1) is 13.8 Å². The quantitative estimate of drug-likeness (QED) is 0.709. The maximum Gasteiger partial charge on any atom is 0.241 e. The molecule has 0 saturated carbocycles. The van der Waals surface area contributed by atoms with Crippen molar-refractivity contribution >= 4 is 0 Å². The molecule has 0 radical (unpaired) electrons. The minimum atomic E-state index is 0.411. The molecule has 0 amide bonds. The van der Waals surface area contributed by atoms with E-state index < -0.39 is 0 Å². The molecule has 4 rings (SSSR count). The van der Waals surface area contributed by atoms with Crippen LogP contribution >= 0.6 is 0 Å². The molecule has 1 aliphatic heterocycles. The molecule has 8 nitrogen and oxygen atoms in total. The molecule has 0 aliphatic carbocycles. The zero-order valence-electron chi connectivity index (χ0n) is 13.8. The highest BCUT2D eigenvalue weighted by Crippen LogP contribution is 2.22. The van der Waals surface area contributed by atoms with Crippen LogP contribution in [0.4, 0.5) is 0 Å². The lowest BCUT2D eigenvalue weighted by molar-refractivity contribution is 0.191. The van der Waals surface area contributed by atoms with Gasteiger partial charge in [-0.3, -0.25) is 4.90 Å². The molecule has 0 aromatic carbocycles. The number of rotatable bonds is 5. The molecule has 1 fully saturated rings. The predicted molar refractivity (Wildman–Crippen MR) is 84.9 cm³/mol. The average molecular weight is 328 g/mol. The van der Waals surface area contributed by atoms with E-state index in [4.69, 9.17) is 8.94 Å². The highest BCUT2D eigenvalue weighted by Gasteiger charge is 2.27. The van der Waals surface area contributed by atoms with Crippen molar-refractivity contribution < 1.29 is 8.94 Å². The second-order valence-corrected chi connectivity index (χ2v) is 6.18. The Morgan fingerprint density at radius 1 is 1.29 bits per heavy atom. The molecule has 3 aromatic heterocycles. The van der Waals surface area contributed by atoms with E-state index >= 15 is 0 Å². The molecule has 1 unspecified atom stereocenters. The Kier molecular flexibility index (Phi) is 3.89. The van der Waals surface area contributed by atoms with Gasteiger partial charge in [0.2, 0.25) is 11.7 Å². The third-order valence-electron chi connectivity index (χ3n) is 4.43. The van der Waals surface area contributed by atoms with E-state index in [0.29, 0.717) is 24.3 Å². The molecule has 1 atom stereocenters. The van der Waals surface area contributed by atoms with Gasteiger partial charge >= 0.3 is 0 Å². The van der Waals surface area contributed by atoms with Crippen molar-refractivity contribution in [3.8, 4) is 11.4 Å². The standard InChI is InChI=1S/C16H20N6O2/c1-11-17-12(2)22(19-11)8-14-4-3-6-21(14)9-15-18-16(20-24-15)13-5-7-23-10-13/h5,7,10,14H,3-4,6,8-9H2,1-2H3. The van der Waals surface area contributed by atoms with Crippen molar-refractivity contribution in [3.63, 3.8) is 0 Å². The van der Waals surface area contributed by atoms with E-state index in [0.717, 1.165) is 36.7 Å². The first-order valence-corrected chi connectivity index (χ1v) is 8.16. The summed E-state index contributed by atoms with van der Waals surface area (Å²) in [6.07, 6.45) is 5.52. The average Bonchev–Trinajstić information content (AvgIpc) is 3.30. The number of furan rings is 1. The Hall–Kier alpha value is -2.48. The zero-order chi connectivity index (χ0) is 16.5. The van der Waals surface area contributed by atoms with Crippen molar-refractivity contribution in [1.82, 2.24) is 29.8 Å². The Bertz CT molecular complexity index is 807. The fourth-order valence-corrected chi connectivity index (χ4v) is 3.25. The van der Waals surface area contributed by atoms with Crippen LogP contribution in [-0.2, 0) is 13.1 Å². The lowest BCUT2D eigenvalue weighted by Gasteiger charge is -2.22.